The van der Waals surface area contributed by atoms with E-state index in [9.17, 15) is 20.0 Å². The van der Waals surface area contributed by atoms with E-state index in [1.807, 2.05) is 0 Å². The van der Waals surface area contributed by atoms with Crippen LogP contribution in [0, 0.1) is 10.1 Å². The van der Waals surface area contributed by atoms with Crippen LogP contribution in [0.1, 0.15) is 15.9 Å². The number of nitro benzene ring substituents is 1. The Balaban J connectivity index is 1.93. The third-order valence-electron chi connectivity index (χ3n) is 3.53. The summed E-state index contributed by atoms with van der Waals surface area (Å²) >= 11 is 3.28. The molecular formula is C17H11BrN4O4. The molecule has 0 bridgehead atoms. The Labute approximate surface area is 155 Å². The highest BCUT2D eigenvalue weighted by Gasteiger charge is 2.19. The van der Waals surface area contributed by atoms with Gasteiger partial charge in [-0.15, -0.1) is 0 Å². The first-order valence-electron chi connectivity index (χ1n) is 7.31. The van der Waals surface area contributed by atoms with Gasteiger partial charge >= 0.3 is 5.69 Å². The van der Waals surface area contributed by atoms with Gasteiger partial charge < -0.3 is 5.11 Å². The highest BCUT2D eigenvalue weighted by atomic mass is 79.9. The van der Waals surface area contributed by atoms with Crippen LogP contribution in [0.3, 0.4) is 0 Å². The molecule has 8 nitrogen and oxygen atoms in total. The molecule has 1 aromatic heterocycles. The van der Waals surface area contributed by atoms with Gasteiger partial charge in [0.05, 0.1) is 11.1 Å². The second kappa shape index (κ2) is 7.28. The van der Waals surface area contributed by atoms with E-state index in [1.54, 1.807) is 36.4 Å². The van der Waals surface area contributed by atoms with Crippen molar-refractivity contribution in [1.29, 1.82) is 0 Å². The summed E-state index contributed by atoms with van der Waals surface area (Å²) in [7, 11) is 0. The number of amides is 1. The number of nitrogens with one attached hydrogen (secondary N) is 1. The average Bonchev–Trinajstić information content (AvgIpc) is 2.63. The molecule has 0 saturated heterocycles. The summed E-state index contributed by atoms with van der Waals surface area (Å²) < 4.78 is 0.750. The van der Waals surface area contributed by atoms with Gasteiger partial charge in [-0.1, -0.05) is 28.1 Å². The lowest BCUT2D eigenvalue weighted by Gasteiger charge is -2.05. The van der Waals surface area contributed by atoms with Crippen LogP contribution >= 0.6 is 15.9 Å². The normalized spacial score (nSPS) is 11.0. The number of carbonyl (C=O) groups is 1. The molecule has 0 aliphatic heterocycles. The monoisotopic (exact) mass is 414 g/mol. The van der Waals surface area contributed by atoms with Crippen molar-refractivity contribution < 1.29 is 14.8 Å². The van der Waals surface area contributed by atoms with Gasteiger partial charge in [-0.2, -0.15) is 5.10 Å². The minimum Gasteiger partial charge on any atom is -0.501 e. The smallest absolute Gasteiger partial charge is 0.313 e. The summed E-state index contributed by atoms with van der Waals surface area (Å²) in [5.74, 6) is -0.945. The largest absolute Gasteiger partial charge is 0.501 e. The molecule has 2 N–H and O–H groups in total. The maximum Gasteiger partial charge on any atom is 0.313 e. The third-order valence-corrected chi connectivity index (χ3v) is 4.02. The quantitative estimate of drug-likeness (QED) is 0.385. The van der Waals surface area contributed by atoms with Gasteiger partial charge in [0.25, 0.3) is 5.91 Å². The van der Waals surface area contributed by atoms with Crippen molar-refractivity contribution in [2.75, 3.05) is 0 Å². The molecule has 0 spiro atoms. The minimum atomic E-state index is -0.707. The first-order valence-corrected chi connectivity index (χ1v) is 8.10. The number of halogens is 1. The van der Waals surface area contributed by atoms with E-state index in [2.05, 4.69) is 31.4 Å². The zero-order chi connectivity index (χ0) is 18.7. The van der Waals surface area contributed by atoms with E-state index in [0.717, 1.165) is 4.47 Å². The van der Waals surface area contributed by atoms with Gasteiger partial charge in [-0.3, -0.25) is 19.9 Å². The summed E-state index contributed by atoms with van der Waals surface area (Å²) in [6.07, 6.45) is 2.69. The molecule has 130 valence electrons. The van der Waals surface area contributed by atoms with Crippen LogP contribution in [-0.2, 0) is 0 Å². The summed E-state index contributed by atoms with van der Waals surface area (Å²) in [4.78, 5) is 26.5. The van der Waals surface area contributed by atoms with Crippen LogP contribution in [0.5, 0.6) is 5.75 Å². The van der Waals surface area contributed by atoms with Gasteiger partial charge in [0.15, 0.2) is 0 Å². The fourth-order valence-corrected chi connectivity index (χ4v) is 2.74. The van der Waals surface area contributed by atoms with E-state index >= 15 is 0 Å². The molecule has 3 rings (SSSR count). The Kier molecular flexibility index (Phi) is 4.90. The Morgan fingerprint density at radius 1 is 1.31 bits per heavy atom. The summed E-state index contributed by atoms with van der Waals surface area (Å²) in [5.41, 5.74) is 2.70. The second-order valence-corrected chi connectivity index (χ2v) is 6.12. The number of benzene rings is 2. The Morgan fingerprint density at radius 3 is 2.85 bits per heavy atom. The molecule has 0 radical (unpaired) electrons. The first-order chi connectivity index (χ1) is 12.5. The number of rotatable bonds is 4. The minimum absolute atomic E-state index is 0.0847. The predicted octanol–water partition coefficient (Wildman–Crippen LogP) is 3.38. The summed E-state index contributed by atoms with van der Waals surface area (Å²) in [6, 6.07) is 11.2. The van der Waals surface area contributed by atoms with Crippen molar-refractivity contribution in [2.45, 2.75) is 0 Å². The molecule has 3 aromatic rings. The number of nitro groups is 1. The van der Waals surface area contributed by atoms with Crippen molar-refractivity contribution in [1.82, 2.24) is 10.4 Å². The lowest BCUT2D eigenvalue weighted by atomic mass is 10.1. The number of carbonyl (C=O) groups excluding carboxylic acids is 1. The lowest BCUT2D eigenvalue weighted by Crippen LogP contribution is -2.17. The number of hydrazone groups is 1. The van der Waals surface area contributed by atoms with Crippen LogP contribution < -0.4 is 5.43 Å². The molecule has 0 aliphatic carbocycles. The zero-order valence-electron chi connectivity index (χ0n) is 13.1. The number of aromatic nitrogens is 1. The van der Waals surface area contributed by atoms with E-state index in [1.165, 1.54) is 18.5 Å². The number of aromatic hydroxyl groups is 1. The fraction of sp³-hybridized carbons (Fsp3) is 0. The highest BCUT2D eigenvalue weighted by molar-refractivity contribution is 9.10. The Morgan fingerprint density at radius 2 is 2.12 bits per heavy atom. The van der Waals surface area contributed by atoms with Crippen LogP contribution in [0.2, 0.25) is 0 Å². The molecular weight excluding hydrogens is 404 g/mol. The summed E-state index contributed by atoms with van der Waals surface area (Å²) in [5, 5.41) is 25.5. The summed E-state index contributed by atoms with van der Waals surface area (Å²) in [6.45, 7) is 0. The van der Waals surface area contributed by atoms with Crippen LogP contribution in [0.25, 0.3) is 10.9 Å². The molecule has 0 saturated carbocycles. The van der Waals surface area contributed by atoms with Crippen molar-refractivity contribution in [2.24, 2.45) is 5.10 Å². The van der Waals surface area contributed by atoms with Crippen molar-refractivity contribution in [3.8, 4) is 5.75 Å². The maximum absolute atomic E-state index is 12.1. The van der Waals surface area contributed by atoms with E-state index < -0.39 is 22.3 Å². The second-order valence-electron chi connectivity index (χ2n) is 5.20. The molecule has 1 heterocycles. The highest BCUT2D eigenvalue weighted by Crippen LogP contribution is 2.34. The molecule has 0 fully saturated rings. The van der Waals surface area contributed by atoms with Crippen molar-refractivity contribution in [3.63, 3.8) is 0 Å². The van der Waals surface area contributed by atoms with E-state index in [0.29, 0.717) is 16.5 Å². The van der Waals surface area contributed by atoms with Gasteiger partial charge in [-0.05, 0) is 24.3 Å². The fourth-order valence-electron chi connectivity index (χ4n) is 2.34. The number of pyridine rings is 1. The van der Waals surface area contributed by atoms with Gasteiger partial charge in [0.2, 0.25) is 5.75 Å². The predicted molar refractivity (Wildman–Crippen MR) is 99.3 cm³/mol. The van der Waals surface area contributed by atoms with Crippen molar-refractivity contribution >= 4 is 44.6 Å². The number of hydrogen-bond donors (Lipinski definition) is 2. The number of nitrogens with zero attached hydrogens (tertiary/aromatic N) is 3. The number of phenols is 1. The molecule has 26 heavy (non-hydrogen) atoms. The molecule has 2 aromatic carbocycles. The topological polar surface area (TPSA) is 118 Å². The molecule has 9 heteroatoms. The maximum atomic E-state index is 12.1. The molecule has 0 atom stereocenters. The van der Waals surface area contributed by atoms with Crippen LogP contribution in [-0.4, -0.2) is 27.1 Å². The average molecular weight is 415 g/mol. The Hall–Kier alpha value is -3.33. The Bertz CT molecular complexity index is 1050. The van der Waals surface area contributed by atoms with Gasteiger partial charge in [0.1, 0.15) is 5.52 Å². The van der Waals surface area contributed by atoms with Crippen LogP contribution in [0.15, 0.2) is 58.2 Å². The zero-order valence-corrected chi connectivity index (χ0v) is 14.7. The molecule has 0 aliphatic rings. The third kappa shape index (κ3) is 3.52. The number of hydrogen-bond acceptors (Lipinski definition) is 6. The standard InChI is InChI=1S/C17H11BrN4O4/c18-12-4-1-3-10(7-12)17(24)21-20-9-11-8-14(22(25)26)16(23)15-13(11)5-2-6-19-15/h1-9,23H,(H,21,24)/b20-9-. The lowest BCUT2D eigenvalue weighted by molar-refractivity contribution is -0.385. The SMILES string of the molecule is O=C(N/N=C\c1cc([N+](=O)[O-])c(O)c2ncccc12)c1cccc(Br)c1. The number of phenolic OH excluding ortho intramolecular Hbond substituents is 1. The van der Waals surface area contributed by atoms with Gasteiger partial charge in [0, 0.05) is 33.2 Å². The van der Waals surface area contributed by atoms with Crippen LogP contribution in [0.4, 0.5) is 5.69 Å². The number of fused-ring (bicyclic) bond motifs is 1. The van der Waals surface area contributed by atoms with E-state index in [4.69, 9.17) is 0 Å². The van der Waals surface area contributed by atoms with Gasteiger partial charge in [-0.25, -0.2) is 5.43 Å². The van der Waals surface area contributed by atoms with E-state index in [-0.39, 0.29) is 5.52 Å². The van der Waals surface area contributed by atoms with Crippen molar-refractivity contribution in [3.05, 3.63) is 74.4 Å². The first kappa shape index (κ1) is 17.5. The molecule has 0 unspecified atom stereocenters. The molecule has 1 amide bonds.